The predicted molar refractivity (Wildman–Crippen MR) is 157 cm³/mol. The number of esters is 1. The monoisotopic (exact) mass is 665 g/mol. The van der Waals surface area contributed by atoms with Crippen molar-refractivity contribution >= 4 is 55.5 Å². The zero-order valence-electron chi connectivity index (χ0n) is 23.4. The van der Waals surface area contributed by atoms with Crippen LogP contribution < -0.4 is 15.8 Å². The predicted octanol–water partition coefficient (Wildman–Crippen LogP) is 2.61. The van der Waals surface area contributed by atoms with Gasteiger partial charge in [-0.3, -0.25) is 9.59 Å². The van der Waals surface area contributed by atoms with Gasteiger partial charge in [-0.15, -0.1) is 0 Å². The van der Waals surface area contributed by atoms with Crippen LogP contribution in [0.25, 0.3) is 0 Å². The molecular formula is C27H32BrN5O8S. The van der Waals surface area contributed by atoms with Crippen molar-refractivity contribution in [3.8, 4) is 0 Å². The van der Waals surface area contributed by atoms with Gasteiger partial charge in [0.25, 0.3) is 0 Å². The number of ether oxygens (including phenoxy) is 2. The number of oxime groups is 1. The molecule has 0 spiro atoms. The fraction of sp³-hybridized carbons (Fsp3) is 0.370. The Kier molecular flexibility index (Phi) is 10.8. The first-order valence-corrected chi connectivity index (χ1v) is 15.0. The van der Waals surface area contributed by atoms with Gasteiger partial charge < -0.3 is 25.4 Å². The molecular weight excluding hydrogens is 634 g/mol. The summed E-state index contributed by atoms with van der Waals surface area (Å²) in [6, 6.07) is 11.5. The van der Waals surface area contributed by atoms with Crippen LogP contribution in [0.1, 0.15) is 44.7 Å². The molecule has 0 saturated heterocycles. The van der Waals surface area contributed by atoms with Gasteiger partial charge in [-0.1, -0.05) is 41.6 Å². The van der Waals surface area contributed by atoms with E-state index < -0.39 is 45.7 Å². The highest BCUT2D eigenvalue weighted by molar-refractivity contribution is 9.10. The highest BCUT2D eigenvalue weighted by atomic mass is 79.9. The second-order valence-corrected chi connectivity index (χ2v) is 12.7. The number of amidine groups is 1. The molecule has 1 aliphatic heterocycles. The van der Waals surface area contributed by atoms with E-state index in [1.54, 1.807) is 57.2 Å². The van der Waals surface area contributed by atoms with Crippen LogP contribution >= 0.6 is 15.9 Å². The Bertz CT molecular complexity index is 1490. The van der Waals surface area contributed by atoms with Crippen molar-refractivity contribution in [1.29, 1.82) is 0 Å². The van der Waals surface area contributed by atoms with Crippen LogP contribution in [0.4, 0.5) is 4.79 Å². The van der Waals surface area contributed by atoms with Crippen LogP contribution in [0, 0.1) is 0 Å². The molecule has 1 heterocycles. The van der Waals surface area contributed by atoms with Gasteiger partial charge in [0.05, 0.1) is 24.1 Å². The van der Waals surface area contributed by atoms with Gasteiger partial charge in [0.2, 0.25) is 15.9 Å². The number of carbonyl (C=O) groups excluding carboxylic acids is 3. The quantitative estimate of drug-likeness (QED) is 0.195. The Balaban J connectivity index is 1.54. The summed E-state index contributed by atoms with van der Waals surface area (Å²) in [5.41, 5.74) is 7.05. The molecule has 1 unspecified atom stereocenters. The zero-order chi connectivity index (χ0) is 31.1. The maximum Gasteiger partial charge on any atom is 0.436 e. The molecule has 2 amide bonds. The lowest BCUT2D eigenvalue weighted by Crippen LogP contribution is -2.49. The van der Waals surface area contributed by atoms with Crippen LogP contribution in [0.3, 0.4) is 0 Å². The van der Waals surface area contributed by atoms with Crippen molar-refractivity contribution in [2.75, 3.05) is 13.7 Å². The van der Waals surface area contributed by atoms with Crippen molar-refractivity contribution < 1.29 is 37.1 Å². The van der Waals surface area contributed by atoms with Gasteiger partial charge >= 0.3 is 12.1 Å². The lowest BCUT2D eigenvalue weighted by atomic mass is 10.0. The molecule has 15 heteroatoms. The number of amides is 2. The van der Waals surface area contributed by atoms with E-state index in [1.165, 1.54) is 12.1 Å². The molecule has 3 rings (SSSR count). The van der Waals surface area contributed by atoms with E-state index in [-0.39, 0.29) is 23.7 Å². The fourth-order valence-corrected chi connectivity index (χ4v) is 5.90. The molecule has 0 aromatic heterocycles. The number of nitrogens with zero attached hydrogens (tertiary/aromatic N) is 2. The second kappa shape index (κ2) is 13.9. The number of nitrogens with one attached hydrogen (secondary N) is 2. The summed E-state index contributed by atoms with van der Waals surface area (Å²) in [7, 11) is -2.99. The standard InChI is InChI=1S/C27H32BrN5O8S/c1-27(2,3)40-26(36)31-24(29)17-11-9-16(10-12-17)20-13-18(41-32-20)14-23(34)30-15-21(25(35)39-4)33-42(37,38)22-8-6-5-7-19(22)28/h5-12,18,21,33H,13-15H2,1-4H3,(H,30,34)(H2,29,31,36)/t18?,21-/m0/s1. The van der Waals surface area contributed by atoms with E-state index in [1.807, 2.05) is 0 Å². The molecule has 13 nitrogen and oxygen atoms in total. The van der Waals surface area contributed by atoms with E-state index in [0.29, 0.717) is 22.2 Å². The molecule has 0 radical (unpaired) electrons. The molecule has 42 heavy (non-hydrogen) atoms. The van der Waals surface area contributed by atoms with E-state index in [9.17, 15) is 22.8 Å². The first kappa shape index (κ1) is 32.7. The summed E-state index contributed by atoms with van der Waals surface area (Å²) in [6.45, 7) is 4.83. The van der Waals surface area contributed by atoms with Crippen molar-refractivity contribution in [2.24, 2.45) is 15.9 Å². The topological polar surface area (TPSA) is 188 Å². The molecule has 0 aliphatic carbocycles. The highest BCUT2D eigenvalue weighted by Crippen LogP contribution is 2.22. The highest BCUT2D eigenvalue weighted by Gasteiger charge is 2.30. The number of rotatable bonds is 10. The minimum Gasteiger partial charge on any atom is -0.468 e. The van der Waals surface area contributed by atoms with Gasteiger partial charge in [0.15, 0.2) is 0 Å². The SMILES string of the molecule is COC(=O)[C@H](CNC(=O)CC1CC(c2ccc(/C(N)=N/C(=O)OC(C)(C)C)cc2)=NO1)NS(=O)(=O)c1ccccc1Br. The van der Waals surface area contributed by atoms with E-state index in [0.717, 1.165) is 12.7 Å². The lowest BCUT2D eigenvalue weighted by Gasteiger charge is -2.18. The molecule has 0 bridgehead atoms. The summed E-state index contributed by atoms with van der Waals surface area (Å²) < 4.78 is 38.0. The van der Waals surface area contributed by atoms with Crippen molar-refractivity contribution in [1.82, 2.24) is 10.0 Å². The summed E-state index contributed by atoms with van der Waals surface area (Å²) in [5, 5.41) is 6.60. The van der Waals surface area contributed by atoms with Crippen molar-refractivity contribution in [3.05, 3.63) is 64.1 Å². The van der Waals surface area contributed by atoms with Gasteiger partial charge in [0.1, 0.15) is 23.6 Å². The number of hydrogen-bond donors (Lipinski definition) is 3. The molecule has 0 fully saturated rings. The van der Waals surface area contributed by atoms with Gasteiger partial charge in [-0.25, -0.2) is 13.2 Å². The largest absolute Gasteiger partial charge is 0.468 e. The third-order valence-corrected chi connectivity index (χ3v) is 8.16. The number of hydrogen-bond acceptors (Lipinski definition) is 9. The number of methoxy groups -OCH3 is 1. The van der Waals surface area contributed by atoms with E-state index >= 15 is 0 Å². The molecule has 4 N–H and O–H groups in total. The van der Waals surface area contributed by atoms with Crippen LogP contribution in [0.2, 0.25) is 0 Å². The Hall–Kier alpha value is -3.82. The third-order valence-electron chi connectivity index (χ3n) is 5.68. The number of aliphatic imine (C=N–C) groups is 1. The summed E-state index contributed by atoms with van der Waals surface area (Å²) in [5.74, 6) is -1.35. The number of nitrogens with two attached hydrogens (primary N) is 1. The Labute approximate surface area is 252 Å². The Morgan fingerprint density at radius 2 is 1.83 bits per heavy atom. The van der Waals surface area contributed by atoms with Crippen LogP contribution in [-0.2, 0) is 33.9 Å². The fourth-order valence-electron chi connectivity index (χ4n) is 3.71. The van der Waals surface area contributed by atoms with E-state index in [2.05, 4.69) is 36.1 Å². The van der Waals surface area contributed by atoms with Gasteiger partial charge in [-0.05, 0) is 54.4 Å². The molecule has 2 aromatic carbocycles. The van der Waals surface area contributed by atoms with Gasteiger partial charge in [-0.2, -0.15) is 9.71 Å². The number of sulfonamides is 1. The average molecular weight is 667 g/mol. The summed E-state index contributed by atoms with van der Waals surface area (Å²) in [6.07, 6.45) is -1.14. The molecule has 1 aliphatic rings. The summed E-state index contributed by atoms with van der Waals surface area (Å²) in [4.78, 5) is 45.8. The Morgan fingerprint density at radius 1 is 1.17 bits per heavy atom. The molecule has 226 valence electrons. The lowest BCUT2D eigenvalue weighted by molar-refractivity contribution is -0.142. The van der Waals surface area contributed by atoms with Crippen LogP contribution in [-0.4, -0.2) is 69.3 Å². The average Bonchev–Trinajstić information content (AvgIpc) is 3.38. The molecule has 2 aromatic rings. The minimum absolute atomic E-state index is 0.00101. The summed E-state index contributed by atoms with van der Waals surface area (Å²) >= 11 is 3.18. The first-order chi connectivity index (χ1) is 19.7. The number of benzene rings is 2. The first-order valence-electron chi connectivity index (χ1n) is 12.7. The maximum absolute atomic E-state index is 12.8. The van der Waals surface area contributed by atoms with Gasteiger partial charge in [0, 0.05) is 23.0 Å². The second-order valence-electron chi connectivity index (χ2n) is 10.2. The zero-order valence-corrected chi connectivity index (χ0v) is 25.8. The maximum atomic E-state index is 12.8. The van der Waals surface area contributed by atoms with E-state index in [4.69, 9.17) is 20.0 Å². The number of halogens is 1. The molecule has 0 saturated carbocycles. The molecule has 2 atom stereocenters. The minimum atomic E-state index is -4.11. The smallest absolute Gasteiger partial charge is 0.436 e. The van der Waals surface area contributed by atoms with Crippen molar-refractivity contribution in [3.63, 3.8) is 0 Å². The Morgan fingerprint density at radius 3 is 2.45 bits per heavy atom. The van der Waals surface area contributed by atoms with Crippen molar-refractivity contribution in [2.45, 2.75) is 56.3 Å². The third kappa shape index (κ3) is 9.36. The number of carbonyl (C=O) groups is 3. The normalized spacial score (nSPS) is 16.2. The van der Waals surface area contributed by atoms with Crippen LogP contribution in [0.5, 0.6) is 0 Å². The van der Waals surface area contributed by atoms with Crippen LogP contribution in [0.15, 0.2) is 68.0 Å².